The van der Waals surface area contributed by atoms with E-state index >= 15 is 0 Å². The highest BCUT2D eigenvalue weighted by atomic mass is 16.6. The first kappa shape index (κ1) is 10.1. The van der Waals surface area contributed by atoms with E-state index in [9.17, 15) is 9.59 Å². The Morgan fingerprint density at radius 3 is 3.00 bits per heavy atom. The van der Waals surface area contributed by atoms with Gasteiger partial charge < -0.3 is 9.15 Å². The van der Waals surface area contributed by atoms with Gasteiger partial charge in [-0.2, -0.15) is 0 Å². The Bertz CT molecular complexity index is 556. The number of ether oxygens (including phenoxy) is 1. The standard InChI is InChI=1S/C14H12O4/c15-12-10-8-3-4-14(6-8,11(10)13(16)18-12)7-9-2-1-5-17-9/h1-5,8,10-11H,6-7H2. The molecule has 4 rings (SSSR count). The lowest BCUT2D eigenvalue weighted by atomic mass is 9.72. The normalized spacial score (nSPS) is 40.3. The number of furan rings is 1. The summed E-state index contributed by atoms with van der Waals surface area (Å²) >= 11 is 0. The second-order valence-electron chi connectivity index (χ2n) is 5.46. The van der Waals surface area contributed by atoms with E-state index < -0.39 is 0 Å². The van der Waals surface area contributed by atoms with E-state index in [1.807, 2.05) is 12.1 Å². The first-order chi connectivity index (χ1) is 8.70. The minimum Gasteiger partial charge on any atom is -0.469 e. The average Bonchev–Trinajstić information content (AvgIpc) is 3.04. The van der Waals surface area contributed by atoms with Crippen molar-refractivity contribution < 1.29 is 18.7 Å². The van der Waals surface area contributed by atoms with Gasteiger partial charge in [0.2, 0.25) is 0 Å². The number of carbonyl (C=O) groups excluding carboxylic acids is 2. The van der Waals surface area contributed by atoms with Gasteiger partial charge in [-0.1, -0.05) is 12.2 Å². The van der Waals surface area contributed by atoms with Crippen molar-refractivity contribution in [3.8, 4) is 0 Å². The van der Waals surface area contributed by atoms with E-state index in [2.05, 4.69) is 12.2 Å². The van der Waals surface area contributed by atoms with Gasteiger partial charge in [-0.3, -0.25) is 9.59 Å². The van der Waals surface area contributed by atoms with E-state index in [-0.39, 0.29) is 35.1 Å². The number of carbonyl (C=O) groups is 2. The maximum atomic E-state index is 11.9. The Morgan fingerprint density at radius 2 is 2.22 bits per heavy atom. The van der Waals surface area contributed by atoms with Gasteiger partial charge in [0.1, 0.15) is 5.76 Å². The Kier molecular flexibility index (Phi) is 1.76. The maximum Gasteiger partial charge on any atom is 0.318 e. The Morgan fingerprint density at radius 1 is 1.33 bits per heavy atom. The van der Waals surface area contributed by atoms with Crippen molar-refractivity contribution in [3.05, 3.63) is 36.3 Å². The summed E-state index contributed by atoms with van der Waals surface area (Å²) in [6, 6.07) is 3.75. The van der Waals surface area contributed by atoms with Crippen LogP contribution in [0.4, 0.5) is 0 Å². The molecule has 1 aromatic rings. The Balaban J connectivity index is 1.75. The molecule has 2 bridgehead atoms. The smallest absolute Gasteiger partial charge is 0.318 e. The molecule has 4 heteroatoms. The molecule has 0 radical (unpaired) electrons. The lowest BCUT2D eigenvalue weighted by Gasteiger charge is -2.28. The summed E-state index contributed by atoms with van der Waals surface area (Å²) in [4.78, 5) is 23.6. The van der Waals surface area contributed by atoms with Crippen LogP contribution in [-0.2, 0) is 20.7 Å². The summed E-state index contributed by atoms with van der Waals surface area (Å²) < 4.78 is 10.2. The fourth-order valence-corrected chi connectivity index (χ4v) is 3.87. The molecule has 2 heterocycles. The highest BCUT2D eigenvalue weighted by Gasteiger charge is 2.65. The number of hydrogen-bond donors (Lipinski definition) is 0. The van der Waals surface area contributed by atoms with Gasteiger partial charge in [0.15, 0.2) is 0 Å². The summed E-state index contributed by atoms with van der Waals surface area (Å²) in [6.07, 6.45) is 7.29. The number of allylic oxidation sites excluding steroid dienone is 2. The molecule has 1 saturated carbocycles. The molecule has 4 atom stereocenters. The molecule has 3 aliphatic rings. The van der Waals surface area contributed by atoms with Crippen molar-refractivity contribution in [3.63, 3.8) is 0 Å². The molecule has 4 nitrogen and oxygen atoms in total. The van der Waals surface area contributed by atoms with Crippen LogP contribution < -0.4 is 0 Å². The maximum absolute atomic E-state index is 11.9. The van der Waals surface area contributed by atoms with Gasteiger partial charge in [-0.25, -0.2) is 0 Å². The third-order valence-electron chi connectivity index (χ3n) is 4.54. The number of esters is 2. The summed E-state index contributed by atoms with van der Waals surface area (Å²) in [5, 5.41) is 0. The number of cyclic esters (lactones) is 2. The quantitative estimate of drug-likeness (QED) is 0.451. The van der Waals surface area contributed by atoms with Crippen LogP contribution in [0.25, 0.3) is 0 Å². The second kappa shape index (κ2) is 3.13. The Hall–Kier alpha value is -1.84. The van der Waals surface area contributed by atoms with E-state index in [1.54, 1.807) is 6.26 Å². The Labute approximate surface area is 104 Å². The lowest BCUT2D eigenvalue weighted by Crippen LogP contribution is -2.32. The van der Waals surface area contributed by atoms with E-state index in [0.29, 0.717) is 6.42 Å². The van der Waals surface area contributed by atoms with Crippen molar-refractivity contribution in [1.29, 1.82) is 0 Å². The lowest BCUT2D eigenvalue weighted by molar-refractivity contribution is -0.155. The van der Waals surface area contributed by atoms with Gasteiger partial charge in [0.05, 0.1) is 18.1 Å². The first-order valence-corrected chi connectivity index (χ1v) is 6.17. The zero-order valence-electron chi connectivity index (χ0n) is 9.67. The average molecular weight is 244 g/mol. The molecule has 0 spiro atoms. The van der Waals surface area contributed by atoms with Gasteiger partial charge in [0, 0.05) is 11.8 Å². The van der Waals surface area contributed by atoms with Crippen molar-refractivity contribution >= 4 is 11.9 Å². The molecule has 2 fully saturated rings. The van der Waals surface area contributed by atoms with Crippen LogP contribution >= 0.6 is 0 Å². The number of rotatable bonds is 2. The third-order valence-corrected chi connectivity index (χ3v) is 4.54. The van der Waals surface area contributed by atoms with Gasteiger partial charge in [-0.15, -0.1) is 0 Å². The van der Waals surface area contributed by atoms with Crippen LogP contribution in [0.3, 0.4) is 0 Å². The fourth-order valence-electron chi connectivity index (χ4n) is 3.87. The summed E-state index contributed by atoms with van der Waals surface area (Å²) in [6.45, 7) is 0. The first-order valence-electron chi connectivity index (χ1n) is 6.17. The highest BCUT2D eigenvalue weighted by molar-refractivity contribution is 5.98. The number of fused-ring (bicyclic) bond motifs is 5. The van der Waals surface area contributed by atoms with Crippen molar-refractivity contribution in [2.75, 3.05) is 0 Å². The molecule has 1 aromatic heterocycles. The largest absolute Gasteiger partial charge is 0.469 e. The monoisotopic (exact) mass is 244 g/mol. The summed E-state index contributed by atoms with van der Waals surface area (Å²) in [5.74, 6) is -0.274. The van der Waals surface area contributed by atoms with Crippen molar-refractivity contribution in [1.82, 2.24) is 0 Å². The zero-order valence-corrected chi connectivity index (χ0v) is 9.67. The fraction of sp³-hybridized carbons (Fsp3) is 0.429. The molecule has 2 aliphatic carbocycles. The predicted octanol–water partition coefficient (Wildman–Crippen LogP) is 1.71. The molecule has 0 N–H and O–H groups in total. The molecule has 92 valence electrons. The second-order valence-corrected chi connectivity index (χ2v) is 5.46. The third kappa shape index (κ3) is 1.10. The highest BCUT2D eigenvalue weighted by Crippen LogP contribution is 2.60. The molecule has 1 aliphatic heterocycles. The van der Waals surface area contributed by atoms with Gasteiger partial charge in [-0.05, 0) is 24.5 Å². The van der Waals surface area contributed by atoms with E-state index in [1.165, 1.54) is 0 Å². The minimum atomic E-state index is -0.358. The SMILES string of the molecule is O=C1OC(=O)C2C1C1C=CC2(Cc2ccco2)C1. The van der Waals surface area contributed by atoms with Gasteiger partial charge in [0.25, 0.3) is 0 Å². The van der Waals surface area contributed by atoms with Crippen LogP contribution in [0.15, 0.2) is 35.0 Å². The summed E-state index contributed by atoms with van der Waals surface area (Å²) in [5.41, 5.74) is -0.281. The molecule has 4 unspecified atom stereocenters. The van der Waals surface area contributed by atoms with E-state index in [4.69, 9.17) is 9.15 Å². The zero-order chi connectivity index (χ0) is 12.3. The van der Waals surface area contributed by atoms with E-state index in [0.717, 1.165) is 12.2 Å². The minimum absolute atomic E-state index is 0.156. The van der Waals surface area contributed by atoms with Crippen LogP contribution in [0.5, 0.6) is 0 Å². The molecule has 0 aromatic carbocycles. The molecule has 1 saturated heterocycles. The molecule has 18 heavy (non-hydrogen) atoms. The van der Waals surface area contributed by atoms with Crippen molar-refractivity contribution in [2.45, 2.75) is 12.8 Å². The van der Waals surface area contributed by atoms with Crippen LogP contribution in [0.2, 0.25) is 0 Å². The predicted molar refractivity (Wildman–Crippen MR) is 60.2 cm³/mol. The van der Waals surface area contributed by atoms with Gasteiger partial charge >= 0.3 is 11.9 Å². The van der Waals surface area contributed by atoms with Crippen LogP contribution in [-0.4, -0.2) is 11.9 Å². The number of hydrogen-bond acceptors (Lipinski definition) is 4. The van der Waals surface area contributed by atoms with Crippen LogP contribution in [0.1, 0.15) is 12.2 Å². The van der Waals surface area contributed by atoms with Crippen LogP contribution in [0, 0.1) is 23.2 Å². The summed E-state index contributed by atoms with van der Waals surface area (Å²) in [7, 11) is 0. The molecule has 0 amide bonds. The van der Waals surface area contributed by atoms with Crippen molar-refractivity contribution in [2.24, 2.45) is 23.2 Å². The molecular formula is C14H12O4. The topological polar surface area (TPSA) is 56.5 Å². The molecular weight excluding hydrogens is 232 g/mol.